The maximum Gasteiger partial charge on any atom is 0.0830 e. The van der Waals surface area contributed by atoms with Crippen LogP contribution in [0.1, 0.15) is 16.8 Å². The summed E-state index contributed by atoms with van der Waals surface area (Å²) in [5.41, 5.74) is 3.59. The van der Waals surface area contributed by atoms with Crippen LogP contribution in [0.5, 0.6) is 0 Å². The molecule has 3 nitrogen and oxygen atoms in total. The summed E-state index contributed by atoms with van der Waals surface area (Å²) >= 11 is 3.45. The highest BCUT2D eigenvalue weighted by Crippen LogP contribution is 2.12. The minimum absolute atomic E-state index is 0.770. The predicted molar refractivity (Wildman–Crippen MR) is 87.1 cm³/mol. The van der Waals surface area contributed by atoms with Crippen LogP contribution < -0.4 is 0 Å². The summed E-state index contributed by atoms with van der Waals surface area (Å²) in [7, 11) is 0. The van der Waals surface area contributed by atoms with Crippen molar-refractivity contribution < 1.29 is 0 Å². The van der Waals surface area contributed by atoms with Gasteiger partial charge in [0.25, 0.3) is 0 Å². The lowest BCUT2D eigenvalue weighted by Gasteiger charge is -2.00. The van der Waals surface area contributed by atoms with Crippen molar-refractivity contribution in [1.82, 2.24) is 15.0 Å². The zero-order valence-electron chi connectivity index (χ0n) is 11.6. The molecule has 0 bridgehead atoms. The van der Waals surface area contributed by atoms with Gasteiger partial charge >= 0.3 is 0 Å². The van der Waals surface area contributed by atoms with Gasteiger partial charge in [-0.25, -0.2) is 4.68 Å². The van der Waals surface area contributed by atoms with E-state index in [4.69, 9.17) is 0 Å². The molecule has 3 rings (SSSR count). The molecule has 106 valence electrons. The molecule has 0 saturated carbocycles. The number of halogens is 1. The topological polar surface area (TPSA) is 30.7 Å². The summed E-state index contributed by atoms with van der Waals surface area (Å²) in [6.07, 6.45) is 3.93. The summed E-state index contributed by atoms with van der Waals surface area (Å²) in [5.74, 6) is 0. The summed E-state index contributed by atoms with van der Waals surface area (Å²) in [5, 5.41) is 8.45. The minimum Gasteiger partial charge on any atom is -0.248 e. The SMILES string of the molecule is Brc1ccc(CCc2cn(Cc3ccccc3)nn2)cc1. The van der Waals surface area contributed by atoms with E-state index in [-0.39, 0.29) is 0 Å². The average Bonchev–Trinajstić information content (AvgIpc) is 2.95. The summed E-state index contributed by atoms with van der Waals surface area (Å²) in [6.45, 7) is 0.770. The fraction of sp³-hybridized carbons (Fsp3) is 0.176. The lowest BCUT2D eigenvalue weighted by atomic mass is 10.1. The number of aromatic nitrogens is 3. The molecular formula is C17H16BrN3. The Morgan fingerprint density at radius 3 is 2.38 bits per heavy atom. The smallest absolute Gasteiger partial charge is 0.0830 e. The molecule has 0 aliphatic carbocycles. The summed E-state index contributed by atoms with van der Waals surface area (Å²) < 4.78 is 3.01. The Morgan fingerprint density at radius 2 is 1.62 bits per heavy atom. The molecule has 2 aromatic carbocycles. The van der Waals surface area contributed by atoms with Gasteiger partial charge in [-0.15, -0.1) is 5.10 Å². The van der Waals surface area contributed by atoms with E-state index in [1.54, 1.807) is 0 Å². The minimum atomic E-state index is 0.770. The van der Waals surface area contributed by atoms with Gasteiger partial charge in [-0.05, 0) is 36.1 Å². The molecule has 1 aromatic heterocycles. The Hall–Kier alpha value is -1.94. The molecule has 0 amide bonds. The number of hydrogen-bond donors (Lipinski definition) is 0. The molecular weight excluding hydrogens is 326 g/mol. The fourth-order valence-electron chi connectivity index (χ4n) is 2.22. The first kappa shape index (κ1) is 14.0. The average molecular weight is 342 g/mol. The summed E-state index contributed by atoms with van der Waals surface area (Å²) in [6, 6.07) is 18.7. The molecule has 0 aliphatic heterocycles. The lowest BCUT2D eigenvalue weighted by Crippen LogP contribution is -1.99. The van der Waals surface area contributed by atoms with Gasteiger partial charge < -0.3 is 0 Å². The largest absolute Gasteiger partial charge is 0.248 e. The second kappa shape index (κ2) is 6.68. The van der Waals surface area contributed by atoms with E-state index >= 15 is 0 Å². The number of nitrogens with zero attached hydrogens (tertiary/aromatic N) is 3. The first-order valence-electron chi connectivity index (χ1n) is 6.97. The third-order valence-corrected chi connectivity index (χ3v) is 3.89. The molecule has 0 aliphatic rings. The lowest BCUT2D eigenvalue weighted by molar-refractivity contribution is 0.649. The van der Waals surface area contributed by atoms with E-state index in [1.165, 1.54) is 11.1 Å². The molecule has 0 radical (unpaired) electrons. The monoisotopic (exact) mass is 341 g/mol. The Kier molecular flexibility index (Phi) is 4.46. The molecule has 0 saturated heterocycles. The van der Waals surface area contributed by atoms with Crippen LogP contribution in [0.15, 0.2) is 65.3 Å². The van der Waals surface area contributed by atoms with E-state index in [9.17, 15) is 0 Å². The van der Waals surface area contributed by atoms with Crippen molar-refractivity contribution in [1.29, 1.82) is 0 Å². The number of benzene rings is 2. The first-order valence-corrected chi connectivity index (χ1v) is 7.76. The number of hydrogen-bond acceptors (Lipinski definition) is 2. The number of aryl methyl sites for hydroxylation is 2. The normalized spacial score (nSPS) is 10.7. The van der Waals surface area contributed by atoms with Crippen LogP contribution in [0.4, 0.5) is 0 Å². The zero-order valence-corrected chi connectivity index (χ0v) is 13.2. The van der Waals surface area contributed by atoms with Crippen molar-refractivity contribution in [3.63, 3.8) is 0 Å². The van der Waals surface area contributed by atoms with Crippen molar-refractivity contribution in [2.24, 2.45) is 0 Å². The maximum atomic E-state index is 4.25. The molecule has 0 fully saturated rings. The highest BCUT2D eigenvalue weighted by Gasteiger charge is 2.02. The maximum absolute atomic E-state index is 4.25. The second-order valence-electron chi connectivity index (χ2n) is 5.02. The first-order chi connectivity index (χ1) is 10.3. The van der Waals surface area contributed by atoms with Crippen LogP contribution in [0.2, 0.25) is 0 Å². The van der Waals surface area contributed by atoms with Gasteiger partial charge in [0.05, 0.1) is 12.2 Å². The fourth-order valence-corrected chi connectivity index (χ4v) is 2.49. The van der Waals surface area contributed by atoms with Crippen molar-refractivity contribution >= 4 is 15.9 Å². The van der Waals surface area contributed by atoms with Crippen molar-refractivity contribution in [2.45, 2.75) is 19.4 Å². The standard InChI is InChI=1S/C17H16BrN3/c18-16-9-6-14(7-10-16)8-11-17-13-21(20-19-17)12-15-4-2-1-3-5-15/h1-7,9-10,13H,8,11-12H2. The van der Waals surface area contributed by atoms with E-state index < -0.39 is 0 Å². The Labute approximate surface area is 132 Å². The highest BCUT2D eigenvalue weighted by atomic mass is 79.9. The molecule has 0 N–H and O–H groups in total. The van der Waals surface area contributed by atoms with Crippen LogP contribution in [-0.2, 0) is 19.4 Å². The number of rotatable bonds is 5. The van der Waals surface area contributed by atoms with Crippen molar-refractivity contribution in [3.05, 3.63) is 82.1 Å². The third-order valence-electron chi connectivity index (χ3n) is 3.36. The molecule has 0 spiro atoms. The molecule has 3 aromatic rings. The Balaban J connectivity index is 1.59. The van der Waals surface area contributed by atoms with Crippen LogP contribution in [0.3, 0.4) is 0 Å². The zero-order chi connectivity index (χ0) is 14.5. The molecule has 1 heterocycles. The second-order valence-corrected chi connectivity index (χ2v) is 5.94. The van der Waals surface area contributed by atoms with Crippen molar-refractivity contribution in [2.75, 3.05) is 0 Å². The Morgan fingerprint density at radius 1 is 0.857 bits per heavy atom. The van der Waals surface area contributed by atoms with Gasteiger partial charge in [-0.3, -0.25) is 0 Å². The predicted octanol–water partition coefficient (Wildman–Crippen LogP) is 3.87. The van der Waals surface area contributed by atoms with E-state index in [2.05, 4.69) is 62.6 Å². The van der Waals surface area contributed by atoms with Gasteiger partial charge in [0, 0.05) is 10.7 Å². The van der Waals surface area contributed by atoms with Gasteiger partial charge in [-0.1, -0.05) is 63.6 Å². The van der Waals surface area contributed by atoms with E-state index in [0.717, 1.165) is 29.6 Å². The molecule has 21 heavy (non-hydrogen) atoms. The quantitative estimate of drug-likeness (QED) is 0.705. The van der Waals surface area contributed by atoms with Crippen molar-refractivity contribution in [3.8, 4) is 0 Å². The summed E-state index contributed by atoms with van der Waals surface area (Å²) in [4.78, 5) is 0. The third kappa shape index (κ3) is 4.02. The van der Waals surface area contributed by atoms with E-state index in [1.807, 2.05) is 29.1 Å². The highest BCUT2D eigenvalue weighted by molar-refractivity contribution is 9.10. The van der Waals surface area contributed by atoms with Gasteiger partial charge in [0.2, 0.25) is 0 Å². The van der Waals surface area contributed by atoms with Gasteiger partial charge in [0.15, 0.2) is 0 Å². The van der Waals surface area contributed by atoms with Crippen LogP contribution in [0.25, 0.3) is 0 Å². The van der Waals surface area contributed by atoms with E-state index in [0.29, 0.717) is 0 Å². The Bertz CT molecular complexity index is 690. The van der Waals surface area contributed by atoms with Crippen LogP contribution in [0, 0.1) is 0 Å². The molecule has 0 unspecified atom stereocenters. The van der Waals surface area contributed by atoms with Crippen LogP contribution in [-0.4, -0.2) is 15.0 Å². The van der Waals surface area contributed by atoms with Gasteiger partial charge in [0.1, 0.15) is 0 Å². The van der Waals surface area contributed by atoms with Crippen LogP contribution >= 0.6 is 15.9 Å². The molecule has 4 heteroatoms. The van der Waals surface area contributed by atoms with Gasteiger partial charge in [-0.2, -0.15) is 0 Å². The molecule has 0 atom stereocenters.